The maximum Gasteiger partial charge on any atom is 0.339 e. The largest absolute Gasteiger partial charge is 0.464 e. The first-order valence-electron chi connectivity index (χ1n) is 5.84. The quantitative estimate of drug-likeness (QED) is 0.842. The molecule has 1 heterocycles. The van der Waals surface area contributed by atoms with Gasteiger partial charge in [-0.25, -0.2) is 4.79 Å². The van der Waals surface area contributed by atoms with Gasteiger partial charge in [-0.05, 0) is 37.6 Å². The molecule has 0 aliphatic heterocycles. The molecule has 0 bridgehead atoms. The van der Waals surface area contributed by atoms with Crippen molar-refractivity contribution in [2.75, 3.05) is 6.61 Å². The molecule has 1 N–H and O–H groups in total. The van der Waals surface area contributed by atoms with E-state index in [1.54, 1.807) is 25.1 Å². The van der Waals surface area contributed by atoms with Gasteiger partial charge in [-0.15, -0.1) is 0 Å². The van der Waals surface area contributed by atoms with E-state index in [1.807, 2.05) is 19.1 Å². The number of hydrogen-bond acceptors (Lipinski definition) is 4. The predicted octanol–water partition coefficient (Wildman–Crippen LogP) is 2.14. The summed E-state index contributed by atoms with van der Waals surface area (Å²) in [5.74, 6) is -0.628. The van der Waals surface area contributed by atoms with Crippen molar-refractivity contribution in [2.45, 2.75) is 20.0 Å². The average molecular weight is 245 g/mol. The minimum absolute atomic E-state index is 0.254. The fourth-order valence-corrected chi connectivity index (χ4v) is 1.77. The summed E-state index contributed by atoms with van der Waals surface area (Å²) >= 11 is 0. The Hall–Kier alpha value is -1.94. The maximum absolute atomic E-state index is 11.4. The molecule has 4 heteroatoms. The Kier molecular flexibility index (Phi) is 3.58. The fourth-order valence-electron chi connectivity index (χ4n) is 1.77. The van der Waals surface area contributed by atoms with Crippen molar-refractivity contribution < 1.29 is 14.6 Å². The van der Waals surface area contributed by atoms with Gasteiger partial charge in [0, 0.05) is 11.1 Å². The number of aromatic nitrogens is 1. The molecule has 0 spiro atoms. The minimum atomic E-state index is -1.24. The zero-order valence-electron chi connectivity index (χ0n) is 10.4. The first-order chi connectivity index (χ1) is 8.61. The number of esters is 1. The number of aryl methyl sites for hydroxylation is 1. The van der Waals surface area contributed by atoms with Crippen LogP contribution in [-0.4, -0.2) is 22.7 Å². The lowest BCUT2D eigenvalue weighted by atomic mass is 10.1. The SMILES string of the molecule is CCOC(=O)C(O)c1ccc2nc(C)ccc2c1. The first-order valence-corrected chi connectivity index (χ1v) is 5.84. The second kappa shape index (κ2) is 5.14. The zero-order valence-corrected chi connectivity index (χ0v) is 10.4. The Morgan fingerprint density at radius 3 is 2.89 bits per heavy atom. The molecule has 1 atom stereocenters. The van der Waals surface area contributed by atoms with Crippen LogP contribution in [0.2, 0.25) is 0 Å². The number of aliphatic hydroxyl groups is 1. The first kappa shape index (κ1) is 12.5. The number of aliphatic hydroxyl groups excluding tert-OH is 1. The van der Waals surface area contributed by atoms with E-state index in [4.69, 9.17) is 4.74 Å². The van der Waals surface area contributed by atoms with Crippen molar-refractivity contribution in [1.29, 1.82) is 0 Å². The van der Waals surface area contributed by atoms with Crippen LogP contribution in [0.25, 0.3) is 10.9 Å². The molecule has 0 aliphatic rings. The van der Waals surface area contributed by atoms with E-state index in [1.165, 1.54) is 0 Å². The molecule has 1 aromatic heterocycles. The van der Waals surface area contributed by atoms with Crippen molar-refractivity contribution in [1.82, 2.24) is 4.98 Å². The van der Waals surface area contributed by atoms with Gasteiger partial charge in [0.05, 0.1) is 12.1 Å². The number of fused-ring (bicyclic) bond motifs is 1. The minimum Gasteiger partial charge on any atom is -0.464 e. The van der Waals surface area contributed by atoms with Crippen LogP contribution in [-0.2, 0) is 9.53 Å². The second-order valence-corrected chi connectivity index (χ2v) is 4.06. The molecule has 0 saturated carbocycles. The van der Waals surface area contributed by atoms with Crippen LogP contribution >= 0.6 is 0 Å². The van der Waals surface area contributed by atoms with Crippen LogP contribution in [0.1, 0.15) is 24.3 Å². The van der Waals surface area contributed by atoms with Crippen molar-refractivity contribution in [3.63, 3.8) is 0 Å². The van der Waals surface area contributed by atoms with Gasteiger partial charge in [0.2, 0.25) is 0 Å². The number of hydrogen-bond donors (Lipinski definition) is 1. The molecule has 94 valence electrons. The Labute approximate surface area is 105 Å². The molecule has 1 aromatic carbocycles. The normalized spacial score (nSPS) is 12.4. The van der Waals surface area contributed by atoms with E-state index in [2.05, 4.69) is 4.98 Å². The molecule has 0 radical (unpaired) electrons. The maximum atomic E-state index is 11.4. The van der Waals surface area contributed by atoms with E-state index in [-0.39, 0.29) is 6.61 Å². The van der Waals surface area contributed by atoms with Crippen molar-refractivity contribution >= 4 is 16.9 Å². The molecule has 1 unspecified atom stereocenters. The van der Waals surface area contributed by atoms with Gasteiger partial charge in [-0.1, -0.05) is 12.1 Å². The molecule has 4 nitrogen and oxygen atoms in total. The van der Waals surface area contributed by atoms with Gasteiger partial charge < -0.3 is 9.84 Å². The highest BCUT2D eigenvalue weighted by atomic mass is 16.5. The number of nitrogens with zero attached hydrogens (tertiary/aromatic N) is 1. The zero-order chi connectivity index (χ0) is 13.1. The lowest BCUT2D eigenvalue weighted by Crippen LogP contribution is -2.15. The van der Waals surface area contributed by atoms with E-state index in [0.717, 1.165) is 16.6 Å². The molecule has 0 aliphatic carbocycles. The molecular formula is C14H15NO3. The number of rotatable bonds is 3. The molecule has 2 rings (SSSR count). The Morgan fingerprint density at radius 2 is 2.17 bits per heavy atom. The van der Waals surface area contributed by atoms with Gasteiger partial charge in [0.25, 0.3) is 0 Å². The molecular weight excluding hydrogens is 230 g/mol. The van der Waals surface area contributed by atoms with Gasteiger partial charge >= 0.3 is 5.97 Å². The fraction of sp³-hybridized carbons (Fsp3) is 0.286. The van der Waals surface area contributed by atoms with Crippen molar-refractivity contribution in [3.8, 4) is 0 Å². The van der Waals surface area contributed by atoms with Gasteiger partial charge in [-0.3, -0.25) is 4.98 Å². The number of ether oxygens (including phenoxy) is 1. The van der Waals surface area contributed by atoms with Crippen LogP contribution in [0.15, 0.2) is 30.3 Å². The lowest BCUT2D eigenvalue weighted by Gasteiger charge is -2.10. The highest BCUT2D eigenvalue weighted by Crippen LogP contribution is 2.20. The van der Waals surface area contributed by atoms with Crippen LogP contribution in [0, 0.1) is 6.92 Å². The Bertz CT molecular complexity index is 580. The van der Waals surface area contributed by atoms with Crippen LogP contribution in [0.3, 0.4) is 0 Å². The number of pyridine rings is 1. The van der Waals surface area contributed by atoms with Crippen molar-refractivity contribution in [3.05, 3.63) is 41.6 Å². The number of carbonyl (C=O) groups is 1. The van der Waals surface area contributed by atoms with Gasteiger partial charge in [0.15, 0.2) is 6.10 Å². The van der Waals surface area contributed by atoms with E-state index < -0.39 is 12.1 Å². The second-order valence-electron chi connectivity index (χ2n) is 4.06. The van der Waals surface area contributed by atoms with Crippen molar-refractivity contribution in [2.24, 2.45) is 0 Å². The third-order valence-electron chi connectivity index (χ3n) is 2.68. The van der Waals surface area contributed by atoms with E-state index in [9.17, 15) is 9.90 Å². The topological polar surface area (TPSA) is 59.4 Å². The summed E-state index contributed by atoms with van der Waals surface area (Å²) in [5, 5.41) is 10.7. The highest BCUT2D eigenvalue weighted by Gasteiger charge is 2.18. The summed E-state index contributed by atoms with van der Waals surface area (Å²) in [6.45, 7) is 3.88. The summed E-state index contributed by atoms with van der Waals surface area (Å²) in [6.07, 6.45) is -1.24. The average Bonchev–Trinajstić information content (AvgIpc) is 2.37. The lowest BCUT2D eigenvalue weighted by molar-refractivity contribution is -0.153. The molecule has 2 aromatic rings. The summed E-state index contributed by atoms with van der Waals surface area (Å²) in [6, 6.07) is 9.04. The summed E-state index contributed by atoms with van der Waals surface area (Å²) in [4.78, 5) is 15.8. The molecule has 0 fully saturated rings. The van der Waals surface area contributed by atoms with Crippen LogP contribution in [0.5, 0.6) is 0 Å². The van der Waals surface area contributed by atoms with E-state index >= 15 is 0 Å². The third kappa shape index (κ3) is 2.49. The molecule has 0 saturated heterocycles. The van der Waals surface area contributed by atoms with E-state index in [0.29, 0.717) is 5.56 Å². The van der Waals surface area contributed by atoms with Crippen LogP contribution < -0.4 is 0 Å². The molecule has 0 amide bonds. The highest BCUT2D eigenvalue weighted by molar-refractivity contribution is 5.82. The number of benzene rings is 1. The predicted molar refractivity (Wildman–Crippen MR) is 68.1 cm³/mol. The Balaban J connectivity index is 2.35. The summed E-state index contributed by atoms with van der Waals surface area (Å²) < 4.78 is 4.78. The molecule has 18 heavy (non-hydrogen) atoms. The van der Waals surface area contributed by atoms with Gasteiger partial charge in [-0.2, -0.15) is 0 Å². The summed E-state index contributed by atoms with van der Waals surface area (Å²) in [7, 11) is 0. The monoisotopic (exact) mass is 245 g/mol. The van der Waals surface area contributed by atoms with Crippen LogP contribution in [0.4, 0.5) is 0 Å². The van der Waals surface area contributed by atoms with Gasteiger partial charge in [0.1, 0.15) is 0 Å². The standard InChI is InChI=1S/C14H15NO3/c1-3-18-14(17)13(16)11-6-7-12-10(8-11)5-4-9(2)15-12/h4-8,13,16H,3H2,1-2H3. The Morgan fingerprint density at radius 1 is 1.39 bits per heavy atom. The third-order valence-corrected chi connectivity index (χ3v) is 2.68. The smallest absolute Gasteiger partial charge is 0.339 e. The summed E-state index contributed by atoms with van der Waals surface area (Å²) in [5.41, 5.74) is 2.29. The number of carbonyl (C=O) groups excluding carboxylic acids is 1.